The Balaban J connectivity index is 1.91. The average molecular weight is 394 g/mol. The molecule has 0 spiro atoms. The maximum absolute atomic E-state index is 12.9. The van der Waals surface area contributed by atoms with E-state index in [1.807, 2.05) is 31.2 Å². The number of carbonyl (C=O) groups is 2. The molecule has 2 heterocycles. The van der Waals surface area contributed by atoms with Crippen LogP contribution in [0, 0.1) is 12.3 Å². The average Bonchev–Trinajstić information content (AvgIpc) is 3.09. The van der Waals surface area contributed by atoms with Crippen molar-refractivity contribution < 1.29 is 9.59 Å². The topological polar surface area (TPSA) is 135 Å². The van der Waals surface area contributed by atoms with Gasteiger partial charge in [0.25, 0.3) is 11.8 Å². The Morgan fingerprint density at radius 3 is 2.50 bits per heavy atom. The molecular weight excluding hydrogens is 376 g/mol. The number of benzene rings is 1. The highest BCUT2D eigenvalue weighted by molar-refractivity contribution is 7.08. The van der Waals surface area contributed by atoms with Crippen LogP contribution in [0.2, 0.25) is 0 Å². The summed E-state index contributed by atoms with van der Waals surface area (Å²) in [6.45, 7) is 3.73. The highest BCUT2D eigenvalue weighted by Crippen LogP contribution is 2.24. The first kappa shape index (κ1) is 19.3. The zero-order valence-corrected chi connectivity index (χ0v) is 16.1. The molecule has 3 rings (SSSR count). The van der Waals surface area contributed by atoms with Gasteiger partial charge in [0, 0.05) is 5.69 Å². The zero-order chi connectivity index (χ0) is 20.3. The van der Waals surface area contributed by atoms with Crippen LogP contribution in [0.3, 0.4) is 0 Å². The van der Waals surface area contributed by atoms with Crippen LogP contribution in [-0.2, 0) is 6.42 Å². The quantitative estimate of drug-likeness (QED) is 0.552. The Bertz CT molecular complexity index is 1060. The minimum Gasteiger partial charge on any atom is -0.364 e. The van der Waals surface area contributed by atoms with Crippen molar-refractivity contribution >= 4 is 34.7 Å². The Kier molecular flexibility index (Phi) is 5.55. The minimum atomic E-state index is -0.700. The molecule has 2 aromatic heterocycles. The fourth-order valence-electron chi connectivity index (χ4n) is 2.64. The smallest absolute Gasteiger partial charge is 0.268 e. The number of aryl methyl sites for hydroxylation is 2. The summed E-state index contributed by atoms with van der Waals surface area (Å²) < 4.78 is 4.23. The Labute approximate surface area is 165 Å². The molecule has 0 atom stereocenters. The number of anilines is 1. The van der Waals surface area contributed by atoms with Crippen LogP contribution in [0.1, 0.15) is 49.6 Å². The molecule has 9 heteroatoms. The van der Waals surface area contributed by atoms with Crippen LogP contribution in [0.5, 0.6) is 0 Å². The van der Waals surface area contributed by atoms with E-state index in [0.29, 0.717) is 16.1 Å². The summed E-state index contributed by atoms with van der Waals surface area (Å²) in [6, 6.07) is 7.56. The van der Waals surface area contributed by atoms with Gasteiger partial charge in [-0.2, -0.15) is 4.37 Å². The van der Waals surface area contributed by atoms with Crippen LogP contribution in [0.15, 0.2) is 36.7 Å². The lowest BCUT2D eigenvalue weighted by Crippen LogP contribution is -2.18. The lowest BCUT2D eigenvalue weighted by Gasteiger charge is -2.10. The van der Waals surface area contributed by atoms with Crippen LogP contribution in [0.4, 0.5) is 5.69 Å². The molecule has 0 aliphatic carbocycles. The van der Waals surface area contributed by atoms with Gasteiger partial charge in [-0.25, -0.2) is 4.98 Å². The van der Waals surface area contributed by atoms with Crippen LogP contribution >= 0.6 is 11.5 Å². The second-order valence-corrected chi connectivity index (χ2v) is 6.74. The molecule has 0 unspecified atom stereocenters. The third-order valence-corrected chi connectivity index (χ3v) is 5.08. The zero-order valence-electron chi connectivity index (χ0n) is 15.3. The van der Waals surface area contributed by atoms with Crippen molar-refractivity contribution in [2.45, 2.75) is 20.3 Å². The lowest BCUT2D eigenvalue weighted by molar-refractivity contribution is 0.0993. The van der Waals surface area contributed by atoms with Gasteiger partial charge in [0.1, 0.15) is 17.1 Å². The second kappa shape index (κ2) is 8.05. The van der Waals surface area contributed by atoms with Gasteiger partial charge in [-0.05, 0) is 36.5 Å². The molecule has 4 N–H and O–H groups in total. The summed E-state index contributed by atoms with van der Waals surface area (Å²) in [4.78, 5) is 32.4. The van der Waals surface area contributed by atoms with Gasteiger partial charge in [0.2, 0.25) is 0 Å². The monoisotopic (exact) mass is 394 g/mol. The van der Waals surface area contributed by atoms with Crippen molar-refractivity contribution in [3.63, 3.8) is 0 Å². The number of aromatic nitrogens is 3. The second-order valence-electron chi connectivity index (χ2n) is 5.96. The number of nitrogens with zero attached hydrogens (tertiary/aromatic N) is 3. The number of carbonyl (C=O) groups excluding carboxylic acids is 2. The molecule has 0 bridgehead atoms. The standard InChI is InChI=1S/C19H18N6O2S/c1-3-11-6-4-5-7-12(11)24-19(27)15-10(2)25-28-17(15)16(20)13-8-23-14(9-22-13)18(21)26/h4-9,20H,3H2,1-2H3,(H2,21,26)(H,24,27). The summed E-state index contributed by atoms with van der Waals surface area (Å²) in [5.74, 6) is -1.04. The van der Waals surface area contributed by atoms with Gasteiger partial charge in [-0.3, -0.25) is 20.0 Å². The molecule has 3 aromatic rings. The van der Waals surface area contributed by atoms with Gasteiger partial charge in [0.15, 0.2) is 0 Å². The summed E-state index contributed by atoms with van der Waals surface area (Å²) >= 11 is 1.04. The maximum Gasteiger partial charge on any atom is 0.268 e. The Hall–Kier alpha value is -3.46. The fourth-order valence-corrected chi connectivity index (χ4v) is 3.49. The largest absolute Gasteiger partial charge is 0.364 e. The fraction of sp³-hybridized carbons (Fsp3) is 0.158. The first-order valence-corrected chi connectivity index (χ1v) is 9.26. The van der Waals surface area contributed by atoms with Gasteiger partial charge < -0.3 is 11.1 Å². The molecule has 0 fully saturated rings. The van der Waals surface area contributed by atoms with E-state index in [2.05, 4.69) is 19.7 Å². The first-order chi connectivity index (χ1) is 13.4. The highest BCUT2D eigenvalue weighted by atomic mass is 32.1. The highest BCUT2D eigenvalue weighted by Gasteiger charge is 2.23. The van der Waals surface area contributed by atoms with Crippen LogP contribution in [0.25, 0.3) is 0 Å². The number of primary amides is 1. The molecule has 8 nitrogen and oxygen atoms in total. The van der Waals surface area contributed by atoms with E-state index in [9.17, 15) is 9.59 Å². The predicted molar refractivity (Wildman–Crippen MR) is 107 cm³/mol. The number of nitrogens with one attached hydrogen (secondary N) is 2. The van der Waals surface area contributed by atoms with Crippen molar-refractivity contribution in [1.82, 2.24) is 14.3 Å². The SMILES string of the molecule is CCc1ccccc1NC(=O)c1c(C)nsc1C(=N)c1cnc(C(N)=O)cn1. The predicted octanol–water partition coefficient (Wildman–Crippen LogP) is 2.57. The van der Waals surface area contributed by atoms with Crippen molar-refractivity contribution in [1.29, 1.82) is 5.41 Å². The van der Waals surface area contributed by atoms with E-state index in [1.165, 1.54) is 12.4 Å². The Morgan fingerprint density at radius 1 is 1.18 bits per heavy atom. The molecule has 142 valence electrons. The number of amides is 2. The third-order valence-electron chi connectivity index (χ3n) is 4.12. The van der Waals surface area contributed by atoms with Gasteiger partial charge in [0.05, 0.1) is 28.5 Å². The molecule has 0 aliphatic rings. The number of rotatable bonds is 6. The number of hydrogen-bond donors (Lipinski definition) is 3. The maximum atomic E-state index is 12.9. The normalized spacial score (nSPS) is 10.5. The van der Waals surface area contributed by atoms with Crippen molar-refractivity contribution in [2.75, 3.05) is 5.32 Å². The van der Waals surface area contributed by atoms with Crippen LogP contribution in [-0.4, -0.2) is 31.9 Å². The summed E-state index contributed by atoms with van der Waals surface area (Å²) in [5.41, 5.74) is 7.97. The molecule has 28 heavy (non-hydrogen) atoms. The van der Waals surface area contributed by atoms with E-state index in [0.717, 1.165) is 29.2 Å². The molecule has 0 radical (unpaired) electrons. The Morgan fingerprint density at radius 2 is 1.86 bits per heavy atom. The lowest BCUT2D eigenvalue weighted by atomic mass is 10.1. The van der Waals surface area contributed by atoms with Gasteiger partial charge in [-0.15, -0.1) is 0 Å². The third kappa shape index (κ3) is 3.79. The van der Waals surface area contributed by atoms with E-state index in [4.69, 9.17) is 11.1 Å². The molecular formula is C19H18N6O2S. The van der Waals surface area contributed by atoms with E-state index in [-0.39, 0.29) is 23.0 Å². The molecule has 0 saturated carbocycles. The van der Waals surface area contributed by atoms with Crippen molar-refractivity contribution in [2.24, 2.45) is 5.73 Å². The van der Waals surface area contributed by atoms with E-state index < -0.39 is 5.91 Å². The number of para-hydroxylation sites is 1. The molecule has 0 aliphatic heterocycles. The van der Waals surface area contributed by atoms with E-state index >= 15 is 0 Å². The summed E-state index contributed by atoms with van der Waals surface area (Å²) in [7, 11) is 0. The van der Waals surface area contributed by atoms with Crippen LogP contribution < -0.4 is 11.1 Å². The van der Waals surface area contributed by atoms with Gasteiger partial charge >= 0.3 is 0 Å². The van der Waals surface area contributed by atoms with Crippen molar-refractivity contribution in [3.05, 3.63) is 69.7 Å². The van der Waals surface area contributed by atoms with Gasteiger partial charge in [-0.1, -0.05) is 25.1 Å². The minimum absolute atomic E-state index is 0.00282. The molecule has 2 amide bonds. The molecule has 1 aromatic carbocycles. The summed E-state index contributed by atoms with van der Waals surface area (Å²) in [5, 5.41) is 11.3. The number of nitrogens with two attached hydrogens (primary N) is 1. The van der Waals surface area contributed by atoms with Crippen molar-refractivity contribution in [3.8, 4) is 0 Å². The van der Waals surface area contributed by atoms with E-state index in [1.54, 1.807) is 6.92 Å². The summed E-state index contributed by atoms with van der Waals surface area (Å²) in [6.07, 6.45) is 3.27. The molecule has 0 saturated heterocycles. The number of hydrogen-bond acceptors (Lipinski definition) is 7. The first-order valence-electron chi connectivity index (χ1n) is 8.49.